The molecule has 0 bridgehead atoms. The molecule has 2 amide bonds. The molecule has 30 heavy (non-hydrogen) atoms. The molecule has 8 nitrogen and oxygen atoms in total. The van der Waals surface area contributed by atoms with Crippen LogP contribution in [-0.4, -0.2) is 32.7 Å². The number of aromatic amines is 1. The van der Waals surface area contributed by atoms with Gasteiger partial charge in [0.15, 0.2) is 5.82 Å². The monoisotopic (exact) mass is 439 g/mol. The maximum Gasteiger partial charge on any atom is 0.253 e. The number of thioether (sulfide) groups is 1. The Bertz CT molecular complexity index is 1120. The number of hydrogen-bond donors (Lipinski definition) is 3. The number of carbonyl (C=O) groups is 2. The highest BCUT2D eigenvalue weighted by Gasteiger charge is 2.14. The minimum Gasteiger partial charge on any atom is -0.467 e. The average molecular weight is 440 g/mol. The van der Waals surface area contributed by atoms with Crippen LogP contribution in [0.3, 0.4) is 0 Å². The predicted octanol–water partition coefficient (Wildman–Crippen LogP) is 3.79. The fraction of sp³-hybridized carbons (Fsp3) is 0.100. The summed E-state index contributed by atoms with van der Waals surface area (Å²) in [6, 6.07) is 14.3. The molecular weight excluding hydrogens is 422 g/mol. The van der Waals surface area contributed by atoms with E-state index >= 15 is 0 Å². The molecule has 152 valence electrons. The Labute approximate surface area is 180 Å². The molecule has 0 unspecified atom stereocenters. The summed E-state index contributed by atoms with van der Waals surface area (Å²) in [6.07, 6.45) is 1.55. The minimum absolute atomic E-state index is 0.115. The summed E-state index contributed by atoms with van der Waals surface area (Å²) in [6.45, 7) is 0.265. The molecule has 4 aromatic rings. The lowest BCUT2D eigenvalue weighted by Gasteiger charge is -2.10. The number of hydrogen-bond acceptors (Lipinski definition) is 7. The van der Waals surface area contributed by atoms with Gasteiger partial charge in [-0.3, -0.25) is 14.7 Å². The third-order valence-corrected chi connectivity index (χ3v) is 5.72. The van der Waals surface area contributed by atoms with Crippen LogP contribution in [0.1, 0.15) is 16.1 Å². The van der Waals surface area contributed by atoms with E-state index in [0.717, 1.165) is 4.88 Å². The van der Waals surface area contributed by atoms with Crippen molar-refractivity contribution in [1.29, 1.82) is 0 Å². The van der Waals surface area contributed by atoms with Crippen molar-refractivity contribution in [2.45, 2.75) is 11.7 Å². The molecule has 1 aromatic carbocycles. The molecule has 0 fully saturated rings. The highest BCUT2D eigenvalue weighted by molar-refractivity contribution is 7.99. The summed E-state index contributed by atoms with van der Waals surface area (Å²) < 4.78 is 5.21. The Morgan fingerprint density at radius 1 is 1.13 bits per heavy atom. The quantitative estimate of drug-likeness (QED) is 0.360. The van der Waals surface area contributed by atoms with Gasteiger partial charge >= 0.3 is 0 Å². The molecule has 0 aliphatic carbocycles. The molecular formula is C20H17N5O3S2. The number of anilines is 1. The first-order chi connectivity index (χ1) is 14.7. The second-order valence-electron chi connectivity index (χ2n) is 6.09. The normalized spacial score (nSPS) is 10.7. The van der Waals surface area contributed by atoms with Gasteiger partial charge < -0.3 is 15.1 Å². The van der Waals surface area contributed by atoms with Gasteiger partial charge in [0.25, 0.3) is 5.91 Å². The van der Waals surface area contributed by atoms with Crippen LogP contribution in [0.15, 0.2) is 69.7 Å². The Morgan fingerprint density at radius 3 is 2.83 bits per heavy atom. The van der Waals surface area contributed by atoms with Gasteiger partial charge in [0.2, 0.25) is 11.1 Å². The van der Waals surface area contributed by atoms with Gasteiger partial charge in [0, 0.05) is 0 Å². The molecule has 4 rings (SSSR count). The fourth-order valence-corrected chi connectivity index (χ4v) is 3.88. The van der Waals surface area contributed by atoms with E-state index in [2.05, 4.69) is 25.8 Å². The molecule has 3 aromatic heterocycles. The molecule has 3 heterocycles. The van der Waals surface area contributed by atoms with Crippen molar-refractivity contribution in [1.82, 2.24) is 20.5 Å². The van der Waals surface area contributed by atoms with E-state index in [4.69, 9.17) is 4.42 Å². The lowest BCUT2D eigenvalue weighted by atomic mass is 10.1. The second-order valence-corrected chi connectivity index (χ2v) is 7.98. The van der Waals surface area contributed by atoms with Crippen LogP contribution < -0.4 is 10.6 Å². The number of H-pyrrole nitrogens is 1. The Kier molecular flexibility index (Phi) is 6.26. The Hall–Kier alpha value is -3.37. The van der Waals surface area contributed by atoms with Crippen LogP contribution in [0.2, 0.25) is 0 Å². The number of para-hydroxylation sites is 1. The molecule has 0 aliphatic heterocycles. The Morgan fingerprint density at radius 2 is 2.03 bits per heavy atom. The fourth-order valence-electron chi connectivity index (χ4n) is 2.62. The summed E-state index contributed by atoms with van der Waals surface area (Å²) in [4.78, 5) is 30.3. The third-order valence-electron chi connectivity index (χ3n) is 4.00. The first-order valence-corrected chi connectivity index (χ1v) is 10.8. The SMILES string of the molecule is O=C(CSc1n[nH]c(-c2cccs2)n1)Nc1ccccc1C(=O)NCc1ccco1. The molecule has 0 saturated heterocycles. The topological polar surface area (TPSA) is 113 Å². The van der Waals surface area contributed by atoms with Crippen molar-refractivity contribution in [2.75, 3.05) is 11.1 Å². The number of nitrogens with one attached hydrogen (secondary N) is 3. The van der Waals surface area contributed by atoms with E-state index < -0.39 is 0 Å². The smallest absolute Gasteiger partial charge is 0.253 e. The van der Waals surface area contributed by atoms with E-state index in [0.29, 0.717) is 28.0 Å². The van der Waals surface area contributed by atoms with Gasteiger partial charge in [-0.15, -0.1) is 16.4 Å². The van der Waals surface area contributed by atoms with Crippen molar-refractivity contribution in [3.05, 3.63) is 71.5 Å². The molecule has 10 heteroatoms. The van der Waals surface area contributed by atoms with Crippen molar-refractivity contribution in [3.63, 3.8) is 0 Å². The third kappa shape index (κ3) is 4.97. The van der Waals surface area contributed by atoms with E-state index in [1.54, 1.807) is 54.0 Å². The lowest BCUT2D eigenvalue weighted by molar-refractivity contribution is -0.113. The first kappa shape index (κ1) is 19.9. The van der Waals surface area contributed by atoms with Crippen LogP contribution in [0.25, 0.3) is 10.7 Å². The Balaban J connectivity index is 1.33. The van der Waals surface area contributed by atoms with E-state index in [9.17, 15) is 9.59 Å². The number of rotatable bonds is 8. The summed E-state index contributed by atoms with van der Waals surface area (Å²) in [5, 5.41) is 15.0. The largest absolute Gasteiger partial charge is 0.467 e. The molecule has 0 saturated carbocycles. The summed E-state index contributed by atoms with van der Waals surface area (Å²) in [5.74, 6) is 0.879. The van der Waals surface area contributed by atoms with Gasteiger partial charge in [-0.25, -0.2) is 4.98 Å². The number of carbonyl (C=O) groups excluding carboxylic acids is 2. The van der Waals surface area contributed by atoms with Crippen molar-refractivity contribution >= 4 is 40.6 Å². The molecule has 3 N–H and O–H groups in total. The lowest BCUT2D eigenvalue weighted by Crippen LogP contribution is -2.25. The maximum atomic E-state index is 12.5. The van der Waals surface area contributed by atoms with Gasteiger partial charge in [-0.1, -0.05) is 30.0 Å². The number of furan rings is 1. The second kappa shape index (κ2) is 9.42. The predicted molar refractivity (Wildman–Crippen MR) is 115 cm³/mol. The van der Waals surface area contributed by atoms with Gasteiger partial charge in [0.1, 0.15) is 5.76 Å². The first-order valence-electron chi connectivity index (χ1n) is 8.97. The van der Waals surface area contributed by atoms with Crippen molar-refractivity contribution < 1.29 is 14.0 Å². The van der Waals surface area contributed by atoms with Crippen LogP contribution >= 0.6 is 23.1 Å². The van der Waals surface area contributed by atoms with Crippen LogP contribution in [0.5, 0.6) is 0 Å². The number of aromatic nitrogens is 3. The van der Waals surface area contributed by atoms with E-state index in [-0.39, 0.29) is 24.1 Å². The molecule has 0 atom stereocenters. The highest BCUT2D eigenvalue weighted by Crippen LogP contribution is 2.23. The highest BCUT2D eigenvalue weighted by atomic mass is 32.2. The zero-order valence-corrected chi connectivity index (χ0v) is 17.3. The van der Waals surface area contributed by atoms with Crippen LogP contribution in [0, 0.1) is 0 Å². The van der Waals surface area contributed by atoms with Gasteiger partial charge in [0.05, 0.1) is 34.7 Å². The molecule has 0 radical (unpaired) electrons. The minimum atomic E-state index is -0.301. The van der Waals surface area contributed by atoms with Crippen molar-refractivity contribution in [2.24, 2.45) is 0 Å². The van der Waals surface area contributed by atoms with Crippen molar-refractivity contribution in [3.8, 4) is 10.7 Å². The number of benzene rings is 1. The number of nitrogens with zero attached hydrogens (tertiary/aromatic N) is 2. The maximum absolute atomic E-state index is 12.5. The summed E-state index contributed by atoms with van der Waals surface area (Å²) in [5.41, 5.74) is 0.814. The van der Waals surface area contributed by atoms with Crippen LogP contribution in [-0.2, 0) is 11.3 Å². The molecule has 0 spiro atoms. The van der Waals surface area contributed by atoms with Crippen LogP contribution in [0.4, 0.5) is 5.69 Å². The summed E-state index contributed by atoms with van der Waals surface area (Å²) in [7, 11) is 0. The molecule has 0 aliphatic rings. The zero-order chi connectivity index (χ0) is 20.8. The summed E-state index contributed by atoms with van der Waals surface area (Å²) >= 11 is 2.77. The standard InChI is InChI=1S/C20H17N5O3S2/c26-17(12-30-20-23-18(24-25-20)16-8-4-10-29-16)22-15-7-2-1-6-14(15)19(27)21-11-13-5-3-9-28-13/h1-10H,11-12H2,(H,21,27)(H,22,26)(H,23,24,25). The average Bonchev–Trinajstić information content (AvgIpc) is 3.53. The number of thiophene rings is 1. The number of amides is 2. The zero-order valence-electron chi connectivity index (χ0n) is 15.6. The van der Waals surface area contributed by atoms with E-state index in [1.807, 2.05) is 17.5 Å². The van der Waals surface area contributed by atoms with Gasteiger partial charge in [-0.2, -0.15) is 0 Å². The van der Waals surface area contributed by atoms with E-state index in [1.165, 1.54) is 11.8 Å². The van der Waals surface area contributed by atoms with Gasteiger partial charge in [-0.05, 0) is 35.7 Å².